The summed E-state index contributed by atoms with van der Waals surface area (Å²) in [5, 5.41) is 8.36. The first-order valence-corrected chi connectivity index (χ1v) is 9.20. The monoisotopic (exact) mass is 375 g/mol. The van der Waals surface area contributed by atoms with Crippen molar-refractivity contribution in [3.63, 3.8) is 0 Å². The quantitative estimate of drug-likeness (QED) is 0.682. The van der Waals surface area contributed by atoms with Gasteiger partial charge in [0.05, 0.1) is 13.0 Å². The number of nitrogens with one attached hydrogen (secondary N) is 3. The van der Waals surface area contributed by atoms with E-state index in [4.69, 9.17) is 9.47 Å². The standard InChI is InChI=1S/C19H25N3O5/c1-26-18(24)15(12-6-8-27-9-7-12)11-20-19(25)21-14-3-4-16-13(10-14)2-5-17(23)22-16/h3-4,10,12,15H,2,5-9,11H2,1H3,(H,22,23)(H2,20,21,25). The average molecular weight is 375 g/mol. The zero-order valence-corrected chi connectivity index (χ0v) is 15.4. The largest absolute Gasteiger partial charge is 0.469 e. The fourth-order valence-corrected chi connectivity index (χ4v) is 3.55. The maximum atomic E-state index is 12.3. The van der Waals surface area contributed by atoms with E-state index in [1.165, 1.54) is 7.11 Å². The van der Waals surface area contributed by atoms with E-state index in [1.807, 2.05) is 6.07 Å². The van der Waals surface area contributed by atoms with Crippen molar-refractivity contribution in [2.75, 3.05) is 37.5 Å². The summed E-state index contributed by atoms with van der Waals surface area (Å²) in [6.07, 6.45) is 2.64. The Kier molecular flexibility index (Phi) is 6.28. The molecule has 1 atom stereocenters. The van der Waals surface area contributed by atoms with Crippen LogP contribution in [0.15, 0.2) is 18.2 Å². The van der Waals surface area contributed by atoms with Crippen LogP contribution in [0.4, 0.5) is 16.2 Å². The first-order chi connectivity index (χ1) is 13.1. The second-order valence-corrected chi connectivity index (χ2v) is 6.83. The van der Waals surface area contributed by atoms with Gasteiger partial charge in [0.1, 0.15) is 0 Å². The summed E-state index contributed by atoms with van der Waals surface area (Å²) >= 11 is 0. The van der Waals surface area contributed by atoms with Gasteiger partial charge in [-0.15, -0.1) is 0 Å². The first-order valence-electron chi connectivity index (χ1n) is 9.20. The van der Waals surface area contributed by atoms with Gasteiger partial charge in [0.2, 0.25) is 5.91 Å². The SMILES string of the molecule is COC(=O)C(CNC(=O)Nc1ccc2c(c1)CCC(=O)N2)C1CCOCC1. The number of esters is 1. The van der Waals surface area contributed by atoms with Crippen LogP contribution in [0.5, 0.6) is 0 Å². The van der Waals surface area contributed by atoms with E-state index in [0.717, 1.165) is 24.1 Å². The van der Waals surface area contributed by atoms with Gasteiger partial charge in [0.15, 0.2) is 0 Å². The number of methoxy groups -OCH3 is 1. The molecule has 0 aromatic heterocycles. The van der Waals surface area contributed by atoms with Crippen molar-refractivity contribution in [2.45, 2.75) is 25.7 Å². The van der Waals surface area contributed by atoms with Crippen LogP contribution in [-0.2, 0) is 25.5 Å². The van der Waals surface area contributed by atoms with E-state index in [9.17, 15) is 14.4 Å². The Morgan fingerprint density at radius 1 is 1.30 bits per heavy atom. The summed E-state index contributed by atoms with van der Waals surface area (Å²) in [6.45, 7) is 1.45. The molecule has 1 fully saturated rings. The third-order valence-electron chi connectivity index (χ3n) is 5.08. The van der Waals surface area contributed by atoms with Crippen LogP contribution in [0, 0.1) is 11.8 Å². The highest BCUT2D eigenvalue weighted by Crippen LogP contribution is 2.26. The Balaban J connectivity index is 1.56. The number of carbonyl (C=O) groups is 3. The minimum absolute atomic E-state index is 0.00270. The molecule has 1 aromatic carbocycles. The second-order valence-electron chi connectivity index (χ2n) is 6.83. The Labute approximate surface area is 158 Å². The highest BCUT2D eigenvalue weighted by Gasteiger charge is 2.31. The van der Waals surface area contributed by atoms with Crippen LogP contribution in [0.3, 0.4) is 0 Å². The van der Waals surface area contributed by atoms with Gasteiger partial charge in [-0.2, -0.15) is 0 Å². The topological polar surface area (TPSA) is 106 Å². The second kappa shape index (κ2) is 8.85. The molecule has 1 unspecified atom stereocenters. The molecule has 1 aromatic rings. The van der Waals surface area contributed by atoms with E-state index in [1.54, 1.807) is 12.1 Å². The summed E-state index contributed by atoms with van der Waals surface area (Å²) in [5.74, 6) is -0.558. The number of benzene rings is 1. The van der Waals surface area contributed by atoms with Crippen molar-refractivity contribution in [1.29, 1.82) is 0 Å². The number of amides is 3. The van der Waals surface area contributed by atoms with Crippen molar-refractivity contribution < 1.29 is 23.9 Å². The summed E-state index contributed by atoms with van der Waals surface area (Å²) in [6, 6.07) is 4.99. The summed E-state index contributed by atoms with van der Waals surface area (Å²) in [5.41, 5.74) is 2.41. The number of hydrogen-bond acceptors (Lipinski definition) is 5. The van der Waals surface area contributed by atoms with E-state index in [-0.39, 0.29) is 36.3 Å². The van der Waals surface area contributed by atoms with Gasteiger partial charge < -0.3 is 25.4 Å². The molecule has 0 radical (unpaired) electrons. The fourth-order valence-electron chi connectivity index (χ4n) is 3.55. The van der Waals surface area contributed by atoms with Crippen LogP contribution in [0.1, 0.15) is 24.8 Å². The van der Waals surface area contributed by atoms with Gasteiger partial charge in [-0.1, -0.05) is 0 Å². The lowest BCUT2D eigenvalue weighted by molar-refractivity contribution is -0.148. The number of urea groups is 1. The zero-order valence-electron chi connectivity index (χ0n) is 15.4. The maximum Gasteiger partial charge on any atom is 0.319 e. The molecule has 3 N–H and O–H groups in total. The fraction of sp³-hybridized carbons (Fsp3) is 0.526. The molecular formula is C19H25N3O5. The van der Waals surface area contributed by atoms with E-state index in [0.29, 0.717) is 31.7 Å². The van der Waals surface area contributed by atoms with E-state index < -0.39 is 0 Å². The predicted octanol–water partition coefficient (Wildman–Crippen LogP) is 1.91. The van der Waals surface area contributed by atoms with Gasteiger partial charge in [0, 0.05) is 37.6 Å². The zero-order chi connectivity index (χ0) is 19.2. The number of hydrogen-bond donors (Lipinski definition) is 3. The van der Waals surface area contributed by atoms with Gasteiger partial charge in [-0.25, -0.2) is 4.79 Å². The molecule has 0 aliphatic carbocycles. The average Bonchev–Trinajstić information content (AvgIpc) is 2.68. The summed E-state index contributed by atoms with van der Waals surface area (Å²) in [7, 11) is 1.36. The molecule has 2 heterocycles. The molecular weight excluding hydrogens is 350 g/mol. The number of rotatable bonds is 5. The van der Waals surface area contributed by atoms with Gasteiger partial charge in [-0.05, 0) is 48.9 Å². The highest BCUT2D eigenvalue weighted by molar-refractivity contribution is 5.95. The van der Waals surface area contributed by atoms with E-state index in [2.05, 4.69) is 16.0 Å². The van der Waals surface area contributed by atoms with Gasteiger partial charge >= 0.3 is 12.0 Å². The Morgan fingerprint density at radius 2 is 2.07 bits per heavy atom. The van der Waals surface area contributed by atoms with E-state index >= 15 is 0 Å². The molecule has 2 aliphatic rings. The number of carbonyl (C=O) groups excluding carboxylic acids is 3. The number of fused-ring (bicyclic) bond motifs is 1. The molecule has 3 rings (SSSR count). The maximum absolute atomic E-state index is 12.3. The number of anilines is 2. The van der Waals surface area contributed by atoms with Crippen molar-refractivity contribution in [1.82, 2.24) is 5.32 Å². The van der Waals surface area contributed by atoms with Crippen LogP contribution in [-0.4, -0.2) is 44.8 Å². The minimum Gasteiger partial charge on any atom is -0.469 e. The molecule has 8 heteroatoms. The summed E-state index contributed by atoms with van der Waals surface area (Å²) in [4.78, 5) is 35.8. The first kappa shape index (κ1) is 19.2. The minimum atomic E-state index is -0.386. The molecule has 8 nitrogen and oxygen atoms in total. The van der Waals surface area contributed by atoms with Gasteiger partial charge in [-0.3, -0.25) is 9.59 Å². The highest BCUT2D eigenvalue weighted by atomic mass is 16.5. The van der Waals surface area contributed by atoms with Crippen molar-refractivity contribution in [3.05, 3.63) is 23.8 Å². The molecule has 1 saturated heterocycles. The molecule has 27 heavy (non-hydrogen) atoms. The normalized spacial score (nSPS) is 18.0. The predicted molar refractivity (Wildman–Crippen MR) is 99.5 cm³/mol. The third-order valence-corrected chi connectivity index (χ3v) is 5.08. The molecule has 0 spiro atoms. The Hall–Kier alpha value is -2.61. The lowest BCUT2D eigenvalue weighted by Gasteiger charge is -2.28. The van der Waals surface area contributed by atoms with Crippen molar-refractivity contribution in [2.24, 2.45) is 11.8 Å². The lowest BCUT2D eigenvalue weighted by Crippen LogP contribution is -2.41. The number of aryl methyl sites for hydroxylation is 1. The summed E-state index contributed by atoms with van der Waals surface area (Å²) < 4.78 is 10.2. The van der Waals surface area contributed by atoms with Crippen LogP contribution < -0.4 is 16.0 Å². The molecule has 0 bridgehead atoms. The molecule has 2 aliphatic heterocycles. The van der Waals surface area contributed by atoms with Crippen molar-refractivity contribution >= 4 is 29.3 Å². The van der Waals surface area contributed by atoms with Gasteiger partial charge in [0.25, 0.3) is 0 Å². The Bertz CT molecular complexity index is 715. The van der Waals surface area contributed by atoms with Crippen LogP contribution >= 0.6 is 0 Å². The third kappa shape index (κ3) is 4.97. The molecule has 3 amide bonds. The number of ether oxygens (including phenoxy) is 2. The Morgan fingerprint density at radius 3 is 2.81 bits per heavy atom. The lowest BCUT2D eigenvalue weighted by atomic mass is 9.86. The molecule has 146 valence electrons. The molecule has 0 saturated carbocycles. The van der Waals surface area contributed by atoms with Crippen molar-refractivity contribution in [3.8, 4) is 0 Å². The smallest absolute Gasteiger partial charge is 0.319 e. The van der Waals surface area contributed by atoms with Crippen LogP contribution in [0.25, 0.3) is 0 Å². The van der Waals surface area contributed by atoms with Crippen LogP contribution in [0.2, 0.25) is 0 Å².